The maximum absolute atomic E-state index is 13.4. The molecule has 0 bridgehead atoms. The summed E-state index contributed by atoms with van der Waals surface area (Å²) in [4.78, 5) is 0.800. The van der Waals surface area contributed by atoms with Gasteiger partial charge in [-0.05, 0) is 51.8 Å². The molecule has 3 heterocycles. The molecule has 27 heavy (non-hydrogen) atoms. The number of halogens is 2. The number of hydrogen-bond donors (Lipinski definition) is 0. The summed E-state index contributed by atoms with van der Waals surface area (Å²) >= 11 is 6.54. The summed E-state index contributed by atoms with van der Waals surface area (Å²) in [6, 6.07) is 10.6. The zero-order valence-corrected chi connectivity index (χ0v) is 16.9. The van der Waals surface area contributed by atoms with Crippen molar-refractivity contribution in [2.75, 3.05) is 6.79 Å². The molecule has 1 aliphatic rings. The molecule has 0 fully saturated rings. The van der Waals surface area contributed by atoms with Gasteiger partial charge < -0.3 is 9.47 Å². The molecule has 0 radical (unpaired) electrons. The Bertz CT molecular complexity index is 1160. The van der Waals surface area contributed by atoms with Gasteiger partial charge >= 0.3 is 0 Å². The van der Waals surface area contributed by atoms with E-state index in [0.717, 1.165) is 44.2 Å². The van der Waals surface area contributed by atoms with Crippen LogP contribution < -0.4 is 9.47 Å². The number of aromatic nitrogens is 3. The molecular formula is C18H11BrFN3O2S2. The third-order valence-corrected chi connectivity index (χ3v) is 6.60. The van der Waals surface area contributed by atoms with E-state index in [2.05, 4.69) is 26.1 Å². The summed E-state index contributed by atoms with van der Waals surface area (Å²) in [6.07, 6.45) is 0. The van der Waals surface area contributed by atoms with Crippen LogP contribution in [0.25, 0.3) is 16.2 Å². The van der Waals surface area contributed by atoms with Crippen molar-refractivity contribution in [2.24, 2.45) is 0 Å². The molecule has 0 saturated carbocycles. The number of fused-ring (bicyclic) bond motifs is 2. The summed E-state index contributed by atoms with van der Waals surface area (Å²) in [7, 11) is 0. The smallest absolute Gasteiger partial charge is 0.231 e. The highest BCUT2D eigenvalue weighted by molar-refractivity contribution is 9.10. The lowest BCUT2D eigenvalue weighted by molar-refractivity contribution is 0.174. The van der Waals surface area contributed by atoms with Gasteiger partial charge in [-0.25, -0.2) is 4.39 Å². The summed E-state index contributed by atoms with van der Waals surface area (Å²) in [6.45, 7) is 0.265. The van der Waals surface area contributed by atoms with Crippen LogP contribution in [0.4, 0.5) is 4.39 Å². The van der Waals surface area contributed by atoms with Crippen LogP contribution in [0.2, 0.25) is 0 Å². The van der Waals surface area contributed by atoms with Crippen molar-refractivity contribution in [3.8, 4) is 22.8 Å². The SMILES string of the molecule is Fc1ccc(-c2csc3nnc(SCc4ccc5c(c4)OCO5)n23)c(Br)c1. The van der Waals surface area contributed by atoms with Crippen molar-refractivity contribution < 1.29 is 13.9 Å². The molecule has 0 aliphatic carbocycles. The highest BCUT2D eigenvalue weighted by atomic mass is 79.9. The summed E-state index contributed by atoms with van der Waals surface area (Å²) in [5.41, 5.74) is 2.94. The number of thioether (sulfide) groups is 1. The van der Waals surface area contributed by atoms with Crippen LogP contribution in [0.1, 0.15) is 5.56 Å². The zero-order chi connectivity index (χ0) is 18.4. The van der Waals surface area contributed by atoms with Gasteiger partial charge in [-0.2, -0.15) is 0 Å². The van der Waals surface area contributed by atoms with Crippen molar-refractivity contribution in [3.63, 3.8) is 0 Å². The first kappa shape index (κ1) is 17.0. The van der Waals surface area contributed by atoms with E-state index in [1.54, 1.807) is 17.8 Å². The van der Waals surface area contributed by atoms with Gasteiger partial charge in [0, 0.05) is 21.2 Å². The first-order valence-electron chi connectivity index (χ1n) is 7.98. The van der Waals surface area contributed by atoms with Crippen molar-refractivity contribution in [3.05, 3.63) is 57.6 Å². The van der Waals surface area contributed by atoms with Crippen LogP contribution in [0, 0.1) is 5.82 Å². The van der Waals surface area contributed by atoms with E-state index in [9.17, 15) is 4.39 Å². The van der Waals surface area contributed by atoms with E-state index in [1.807, 2.05) is 28.0 Å². The van der Waals surface area contributed by atoms with Crippen molar-refractivity contribution in [2.45, 2.75) is 10.9 Å². The van der Waals surface area contributed by atoms with Crippen LogP contribution in [-0.2, 0) is 5.75 Å². The minimum absolute atomic E-state index is 0.265. The van der Waals surface area contributed by atoms with Crippen LogP contribution in [-0.4, -0.2) is 21.4 Å². The molecule has 1 aliphatic heterocycles. The zero-order valence-electron chi connectivity index (χ0n) is 13.7. The Kier molecular flexibility index (Phi) is 4.30. The van der Waals surface area contributed by atoms with Crippen molar-refractivity contribution in [1.29, 1.82) is 0 Å². The second-order valence-electron chi connectivity index (χ2n) is 5.82. The van der Waals surface area contributed by atoms with Gasteiger partial charge in [-0.3, -0.25) is 4.40 Å². The lowest BCUT2D eigenvalue weighted by Gasteiger charge is -2.06. The fraction of sp³-hybridized carbons (Fsp3) is 0.111. The first-order valence-corrected chi connectivity index (χ1v) is 10.6. The molecule has 2 aromatic heterocycles. The Labute approximate surface area is 170 Å². The number of rotatable bonds is 4. The molecule has 0 spiro atoms. The average molecular weight is 464 g/mol. The standard InChI is InChI=1S/C18H11BrFN3O2S2/c19-13-6-11(20)2-3-12(13)14-8-27-18-22-21-17(23(14)18)26-7-10-1-4-15-16(5-10)25-9-24-15/h1-6,8H,7,9H2. The van der Waals surface area contributed by atoms with Gasteiger partial charge in [0.1, 0.15) is 5.82 Å². The Morgan fingerprint density at radius 3 is 2.93 bits per heavy atom. The molecule has 136 valence electrons. The molecular weight excluding hydrogens is 453 g/mol. The molecule has 4 aromatic rings. The Hall–Kier alpha value is -2.10. The largest absolute Gasteiger partial charge is 0.454 e. The van der Waals surface area contributed by atoms with Crippen LogP contribution in [0.5, 0.6) is 11.5 Å². The second-order valence-corrected chi connectivity index (χ2v) is 8.46. The van der Waals surface area contributed by atoms with Gasteiger partial charge in [0.2, 0.25) is 11.8 Å². The fourth-order valence-corrected chi connectivity index (χ4v) is 5.18. The van der Waals surface area contributed by atoms with Crippen molar-refractivity contribution >= 4 is 44.0 Å². The first-order chi connectivity index (χ1) is 13.2. The van der Waals surface area contributed by atoms with Gasteiger partial charge in [0.05, 0.1) is 5.69 Å². The molecule has 9 heteroatoms. The summed E-state index contributed by atoms with van der Waals surface area (Å²) in [5.74, 6) is 1.98. The predicted octanol–water partition coefficient (Wildman–Crippen LogP) is 5.38. The average Bonchev–Trinajstić information content (AvgIpc) is 3.36. The molecule has 5 nitrogen and oxygen atoms in total. The van der Waals surface area contributed by atoms with Crippen LogP contribution in [0.3, 0.4) is 0 Å². The van der Waals surface area contributed by atoms with E-state index in [-0.39, 0.29) is 12.6 Å². The molecule has 0 amide bonds. The Morgan fingerprint density at radius 2 is 2.04 bits per heavy atom. The number of thiazole rings is 1. The lowest BCUT2D eigenvalue weighted by Crippen LogP contribution is -1.93. The Morgan fingerprint density at radius 1 is 1.15 bits per heavy atom. The highest BCUT2D eigenvalue weighted by Gasteiger charge is 2.17. The highest BCUT2D eigenvalue weighted by Crippen LogP contribution is 2.37. The van der Waals surface area contributed by atoms with Crippen LogP contribution in [0.15, 0.2) is 51.4 Å². The normalized spacial score (nSPS) is 12.8. The minimum Gasteiger partial charge on any atom is -0.454 e. The van der Waals surface area contributed by atoms with Crippen molar-refractivity contribution in [1.82, 2.24) is 14.6 Å². The Balaban J connectivity index is 1.46. The van der Waals surface area contributed by atoms with Gasteiger partial charge in [-0.1, -0.05) is 17.8 Å². The number of nitrogens with zero attached hydrogens (tertiary/aromatic N) is 3. The fourth-order valence-electron chi connectivity index (χ4n) is 2.85. The van der Waals surface area contributed by atoms with Crippen LogP contribution >= 0.6 is 39.0 Å². The topological polar surface area (TPSA) is 48.7 Å². The molecule has 0 unspecified atom stereocenters. The maximum atomic E-state index is 13.4. The second kappa shape index (κ2) is 6.81. The number of ether oxygens (including phenoxy) is 2. The third kappa shape index (κ3) is 3.09. The van der Waals surface area contributed by atoms with Gasteiger partial charge in [0.15, 0.2) is 16.7 Å². The summed E-state index contributed by atoms with van der Waals surface area (Å²) < 4.78 is 26.9. The van der Waals surface area contributed by atoms with E-state index in [0.29, 0.717) is 4.47 Å². The lowest BCUT2D eigenvalue weighted by atomic mass is 10.2. The maximum Gasteiger partial charge on any atom is 0.231 e. The molecule has 0 atom stereocenters. The van der Waals surface area contributed by atoms with E-state index < -0.39 is 0 Å². The minimum atomic E-state index is -0.279. The molecule has 0 N–H and O–H groups in total. The van der Waals surface area contributed by atoms with Gasteiger partial charge in [-0.15, -0.1) is 21.5 Å². The van der Waals surface area contributed by atoms with E-state index in [4.69, 9.17) is 9.47 Å². The molecule has 2 aromatic carbocycles. The van der Waals surface area contributed by atoms with E-state index >= 15 is 0 Å². The number of benzene rings is 2. The predicted molar refractivity (Wildman–Crippen MR) is 106 cm³/mol. The van der Waals surface area contributed by atoms with Gasteiger partial charge in [0.25, 0.3) is 0 Å². The molecule has 5 rings (SSSR count). The number of hydrogen-bond acceptors (Lipinski definition) is 6. The quantitative estimate of drug-likeness (QED) is 0.380. The summed E-state index contributed by atoms with van der Waals surface area (Å²) in [5, 5.41) is 11.4. The van der Waals surface area contributed by atoms with E-state index in [1.165, 1.54) is 23.5 Å². The monoisotopic (exact) mass is 463 g/mol. The third-order valence-electron chi connectivity index (χ3n) is 4.13. The molecule has 0 saturated heterocycles.